The zero-order chi connectivity index (χ0) is 23.3. The molecule has 0 aliphatic heterocycles. The first-order valence-corrected chi connectivity index (χ1v) is 11.6. The summed E-state index contributed by atoms with van der Waals surface area (Å²) in [6.45, 7) is 10.3. The van der Waals surface area contributed by atoms with Gasteiger partial charge in [-0.15, -0.1) is 11.8 Å². The maximum atomic E-state index is 12.6. The van der Waals surface area contributed by atoms with Crippen LogP contribution in [0, 0.1) is 6.92 Å². The molecule has 0 heterocycles. The Balaban J connectivity index is 1.61. The maximum absolute atomic E-state index is 12.6. The second kappa shape index (κ2) is 10.0. The van der Waals surface area contributed by atoms with Crippen LogP contribution >= 0.6 is 11.8 Å². The Bertz CT molecular complexity index is 1080. The van der Waals surface area contributed by atoms with Crippen molar-refractivity contribution in [2.75, 3.05) is 10.6 Å². The van der Waals surface area contributed by atoms with E-state index in [0.29, 0.717) is 16.9 Å². The summed E-state index contributed by atoms with van der Waals surface area (Å²) in [4.78, 5) is 26.3. The fraction of sp³-hybridized carbons (Fsp3) is 0.259. The molecule has 0 aliphatic rings. The number of carbonyl (C=O) groups excluding carboxylic acids is 2. The Hall–Kier alpha value is -3.05. The van der Waals surface area contributed by atoms with Crippen molar-refractivity contribution in [3.05, 3.63) is 89.5 Å². The van der Waals surface area contributed by atoms with E-state index in [1.54, 1.807) is 6.07 Å². The molecular formula is C27H30N2O2S. The molecule has 0 spiro atoms. The number of anilines is 2. The van der Waals surface area contributed by atoms with Gasteiger partial charge in [0.15, 0.2) is 0 Å². The maximum Gasteiger partial charge on any atom is 0.255 e. The van der Waals surface area contributed by atoms with Crippen molar-refractivity contribution < 1.29 is 9.59 Å². The van der Waals surface area contributed by atoms with Crippen LogP contribution in [-0.4, -0.2) is 17.1 Å². The van der Waals surface area contributed by atoms with Crippen LogP contribution < -0.4 is 10.6 Å². The Morgan fingerprint density at radius 2 is 1.44 bits per heavy atom. The highest BCUT2D eigenvalue weighted by Crippen LogP contribution is 2.25. The Morgan fingerprint density at radius 1 is 0.844 bits per heavy atom. The SMILES string of the molecule is Cc1ccc(S[C@@H](C)C(=O)Nc2cccc(NC(=O)c3ccc(C(C)(C)C)cc3)c2)cc1. The van der Waals surface area contributed by atoms with Crippen molar-refractivity contribution in [3.8, 4) is 0 Å². The summed E-state index contributed by atoms with van der Waals surface area (Å²) in [6, 6.07) is 23.0. The Labute approximate surface area is 194 Å². The lowest BCUT2D eigenvalue weighted by atomic mass is 9.87. The molecule has 32 heavy (non-hydrogen) atoms. The first-order chi connectivity index (χ1) is 15.1. The van der Waals surface area contributed by atoms with E-state index < -0.39 is 0 Å². The van der Waals surface area contributed by atoms with Gasteiger partial charge < -0.3 is 10.6 Å². The fourth-order valence-corrected chi connectivity index (χ4v) is 3.99. The number of hydrogen-bond acceptors (Lipinski definition) is 3. The molecule has 3 aromatic carbocycles. The van der Waals surface area contributed by atoms with E-state index in [0.717, 1.165) is 4.90 Å². The summed E-state index contributed by atoms with van der Waals surface area (Å²) >= 11 is 1.51. The van der Waals surface area contributed by atoms with Crippen molar-refractivity contribution in [1.82, 2.24) is 0 Å². The zero-order valence-electron chi connectivity index (χ0n) is 19.2. The predicted molar refractivity (Wildman–Crippen MR) is 135 cm³/mol. The summed E-state index contributed by atoms with van der Waals surface area (Å²) in [5.41, 5.74) is 4.28. The van der Waals surface area contributed by atoms with Gasteiger partial charge in [0.2, 0.25) is 5.91 Å². The van der Waals surface area contributed by atoms with Gasteiger partial charge in [-0.3, -0.25) is 9.59 Å². The first kappa shape index (κ1) is 23.6. The minimum Gasteiger partial charge on any atom is -0.325 e. The molecule has 1 atom stereocenters. The smallest absolute Gasteiger partial charge is 0.255 e. The molecule has 2 N–H and O–H groups in total. The molecule has 3 rings (SSSR count). The number of carbonyl (C=O) groups is 2. The molecule has 3 aromatic rings. The van der Waals surface area contributed by atoms with Gasteiger partial charge in [-0.1, -0.05) is 56.7 Å². The van der Waals surface area contributed by atoms with Gasteiger partial charge in [-0.25, -0.2) is 0 Å². The largest absolute Gasteiger partial charge is 0.325 e. The molecule has 4 nitrogen and oxygen atoms in total. The molecule has 2 amide bonds. The van der Waals surface area contributed by atoms with E-state index in [-0.39, 0.29) is 22.5 Å². The second-order valence-electron chi connectivity index (χ2n) is 8.92. The highest BCUT2D eigenvalue weighted by molar-refractivity contribution is 8.00. The van der Waals surface area contributed by atoms with Crippen LogP contribution in [0.5, 0.6) is 0 Å². The third-order valence-electron chi connectivity index (χ3n) is 5.10. The molecule has 0 aromatic heterocycles. The van der Waals surface area contributed by atoms with E-state index in [2.05, 4.69) is 31.4 Å². The van der Waals surface area contributed by atoms with E-state index >= 15 is 0 Å². The Morgan fingerprint density at radius 3 is 2.03 bits per heavy atom. The number of nitrogens with one attached hydrogen (secondary N) is 2. The van der Waals surface area contributed by atoms with Gasteiger partial charge in [0.05, 0.1) is 5.25 Å². The van der Waals surface area contributed by atoms with Crippen molar-refractivity contribution in [3.63, 3.8) is 0 Å². The van der Waals surface area contributed by atoms with Crippen molar-refractivity contribution in [1.29, 1.82) is 0 Å². The molecule has 0 aliphatic carbocycles. The number of rotatable bonds is 6. The van der Waals surface area contributed by atoms with E-state index in [1.165, 1.54) is 22.9 Å². The molecule has 0 fully saturated rings. The number of hydrogen-bond donors (Lipinski definition) is 2. The van der Waals surface area contributed by atoms with Crippen LogP contribution in [0.15, 0.2) is 77.7 Å². The van der Waals surface area contributed by atoms with E-state index in [9.17, 15) is 9.59 Å². The van der Waals surface area contributed by atoms with Gasteiger partial charge >= 0.3 is 0 Å². The van der Waals surface area contributed by atoms with Gasteiger partial charge in [0.25, 0.3) is 5.91 Å². The highest BCUT2D eigenvalue weighted by Gasteiger charge is 2.16. The molecule has 0 bridgehead atoms. The third-order valence-corrected chi connectivity index (χ3v) is 6.22. The van der Waals surface area contributed by atoms with Crippen LogP contribution in [0.1, 0.15) is 49.2 Å². The fourth-order valence-electron chi connectivity index (χ4n) is 3.12. The average molecular weight is 447 g/mol. The lowest BCUT2D eigenvalue weighted by Crippen LogP contribution is -2.22. The minimum atomic E-state index is -0.253. The van der Waals surface area contributed by atoms with Crippen molar-refractivity contribution in [2.45, 2.75) is 50.2 Å². The Kier molecular flexibility index (Phi) is 7.41. The van der Waals surface area contributed by atoms with E-state index in [1.807, 2.05) is 80.6 Å². The lowest BCUT2D eigenvalue weighted by Gasteiger charge is -2.19. The number of amides is 2. The van der Waals surface area contributed by atoms with Gasteiger partial charge in [0, 0.05) is 21.8 Å². The minimum absolute atomic E-state index is 0.0381. The van der Waals surface area contributed by atoms with Crippen LogP contribution in [-0.2, 0) is 10.2 Å². The summed E-state index contributed by atoms with van der Waals surface area (Å²) in [6.07, 6.45) is 0. The monoisotopic (exact) mass is 446 g/mol. The third kappa shape index (κ3) is 6.47. The normalized spacial score (nSPS) is 12.2. The second-order valence-corrected chi connectivity index (χ2v) is 10.3. The predicted octanol–water partition coefficient (Wildman–Crippen LogP) is 6.66. The molecular weight excluding hydrogens is 416 g/mol. The average Bonchev–Trinajstić information content (AvgIpc) is 2.75. The van der Waals surface area contributed by atoms with Gasteiger partial charge in [0.1, 0.15) is 0 Å². The number of aryl methyl sites for hydroxylation is 1. The zero-order valence-corrected chi connectivity index (χ0v) is 20.0. The van der Waals surface area contributed by atoms with Crippen LogP contribution in [0.4, 0.5) is 11.4 Å². The van der Waals surface area contributed by atoms with Crippen LogP contribution in [0.3, 0.4) is 0 Å². The topological polar surface area (TPSA) is 58.2 Å². The molecule has 0 radical (unpaired) electrons. The molecule has 0 unspecified atom stereocenters. The molecule has 5 heteroatoms. The summed E-state index contributed by atoms with van der Waals surface area (Å²) in [5.74, 6) is -0.269. The molecule has 166 valence electrons. The number of thioether (sulfide) groups is 1. The quantitative estimate of drug-likeness (QED) is 0.416. The molecule has 0 saturated carbocycles. The molecule has 0 saturated heterocycles. The first-order valence-electron chi connectivity index (χ1n) is 10.7. The number of benzene rings is 3. The van der Waals surface area contributed by atoms with Gasteiger partial charge in [-0.05, 0) is 67.3 Å². The van der Waals surface area contributed by atoms with Crippen LogP contribution in [0.2, 0.25) is 0 Å². The summed E-state index contributed by atoms with van der Waals surface area (Å²) in [7, 11) is 0. The van der Waals surface area contributed by atoms with E-state index in [4.69, 9.17) is 0 Å². The lowest BCUT2D eigenvalue weighted by molar-refractivity contribution is -0.115. The highest BCUT2D eigenvalue weighted by atomic mass is 32.2. The summed E-state index contributed by atoms with van der Waals surface area (Å²) < 4.78 is 0. The summed E-state index contributed by atoms with van der Waals surface area (Å²) in [5, 5.41) is 5.60. The van der Waals surface area contributed by atoms with Crippen molar-refractivity contribution >= 4 is 35.0 Å². The van der Waals surface area contributed by atoms with Gasteiger partial charge in [-0.2, -0.15) is 0 Å². The van der Waals surface area contributed by atoms with Crippen LogP contribution in [0.25, 0.3) is 0 Å². The van der Waals surface area contributed by atoms with Crippen molar-refractivity contribution in [2.24, 2.45) is 0 Å². The standard InChI is InChI=1S/C27H30N2O2S/c1-18-9-15-24(16-10-18)32-19(2)25(30)28-22-7-6-8-23(17-22)29-26(31)20-11-13-21(14-12-20)27(3,4)5/h6-17,19H,1-5H3,(H,28,30)(H,29,31)/t19-/m0/s1.